The number of aryl methyl sites for hydroxylation is 1. The van der Waals surface area contributed by atoms with E-state index in [0.717, 1.165) is 10.9 Å². The maximum atomic E-state index is 13.1. The van der Waals surface area contributed by atoms with E-state index < -0.39 is 10.0 Å². The molecule has 4 aromatic rings. The number of sulfonamides is 1. The molecular weight excluding hydrogens is 398 g/mol. The molecule has 3 aromatic carbocycles. The Morgan fingerprint density at radius 3 is 2.33 bits per heavy atom. The Morgan fingerprint density at radius 1 is 0.933 bits per heavy atom. The third kappa shape index (κ3) is 3.55. The summed E-state index contributed by atoms with van der Waals surface area (Å²) in [6.45, 7) is 1.90. The third-order valence-electron chi connectivity index (χ3n) is 4.87. The molecule has 0 amide bonds. The van der Waals surface area contributed by atoms with Gasteiger partial charge >= 0.3 is 0 Å². The van der Waals surface area contributed by atoms with Crippen molar-refractivity contribution in [3.63, 3.8) is 0 Å². The van der Waals surface area contributed by atoms with Crippen molar-refractivity contribution >= 4 is 32.4 Å². The van der Waals surface area contributed by atoms with Gasteiger partial charge in [-0.05, 0) is 31.2 Å². The number of ether oxygens (including phenoxy) is 1. The first-order valence-corrected chi connectivity index (χ1v) is 10.8. The molecule has 0 saturated carbocycles. The van der Waals surface area contributed by atoms with Crippen LogP contribution >= 0.6 is 0 Å². The number of nitrogens with two attached hydrogens (primary N) is 1. The standard InChI is InChI=1S/C23H21N3O3S/c1-15-11-13-16(14-12-15)30(27,28)26-23-21(18-8-4-6-10-20(18)29-2)22(24)17-7-3-5-9-19(17)25-23/h3-14H,1-2H3,(H3,24,25,26). The highest BCUT2D eigenvalue weighted by Gasteiger charge is 2.22. The molecule has 0 saturated heterocycles. The lowest BCUT2D eigenvalue weighted by Gasteiger charge is -2.18. The van der Waals surface area contributed by atoms with E-state index in [1.165, 1.54) is 0 Å². The van der Waals surface area contributed by atoms with Crippen LogP contribution in [0.2, 0.25) is 0 Å². The van der Waals surface area contributed by atoms with E-state index in [0.29, 0.717) is 28.1 Å². The molecule has 0 aliphatic heterocycles. The van der Waals surface area contributed by atoms with Crippen molar-refractivity contribution in [1.82, 2.24) is 4.98 Å². The lowest BCUT2D eigenvalue weighted by molar-refractivity contribution is 0.416. The Labute approximate surface area is 175 Å². The number of nitrogens with one attached hydrogen (secondary N) is 1. The zero-order valence-corrected chi connectivity index (χ0v) is 17.4. The van der Waals surface area contributed by atoms with Crippen molar-refractivity contribution in [2.45, 2.75) is 11.8 Å². The van der Waals surface area contributed by atoms with E-state index in [2.05, 4.69) is 9.71 Å². The predicted octanol–water partition coefficient (Wildman–Crippen LogP) is 4.60. The van der Waals surface area contributed by atoms with Crippen LogP contribution in [0.4, 0.5) is 11.5 Å². The fourth-order valence-corrected chi connectivity index (χ4v) is 4.35. The first-order chi connectivity index (χ1) is 14.4. The SMILES string of the molecule is COc1ccccc1-c1c(NS(=O)(=O)c2ccc(C)cc2)nc2ccccc2c1N. The molecule has 3 N–H and O–H groups in total. The summed E-state index contributed by atoms with van der Waals surface area (Å²) < 4.78 is 34.3. The van der Waals surface area contributed by atoms with Crippen LogP contribution < -0.4 is 15.2 Å². The summed E-state index contributed by atoms with van der Waals surface area (Å²) in [5.74, 6) is 0.716. The highest BCUT2D eigenvalue weighted by atomic mass is 32.2. The van der Waals surface area contributed by atoms with Crippen LogP contribution in [0.5, 0.6) is 5.75 Å². The largest absolute Gasteiger partial charge is 0.496 e. The smallest absolute Gasteiger partial charge is 0.263 e. The van der Waals surface area contributed by atoms with Crippen LogP contribution in [0.3, 0.4) is 0 Å². The Kier molecular flexibility index (Phi) is 5.05. The predicted molar refractivity (Wildman–Crippen MR) is 120 cm³/mol. The molecule has 0 aliphatic rings. The summed E-state index contributed by atoms with van der Waals surface area (Å²) in [4.78, 5) is 4.74. The average Bonchev–Trinajstić information content (AvgIpc) is 2.74. The van der Waals surface area contributed by atoms with E-state index in [4.69, 9.17) is 10.5 Å². The molecule has 7 heteroatoms. The number of nitrogen functional groups attached to an aromatic ring is 1. The fourth-order valence-electron chi connectivity index (χ4n) is 3.34. The number of para-hydroxylation sites is 2. The fraction of sp³-hybridized carbons (Fsp3) is 0.0870. The van der Waals surface area contributed by atoms with Gasteiger partial charge in [0.25, 0.3) is 10.0 Å². The van der Waals surface area contributed by atoms with Gasteiger partial charge in [-0.2, -0.15) is 0 Å². The normalized spacial score (nSPS) is 11.4. The Morgan fingerprint density at radius 2 is 1.60 bits per heavy atom. The van der Waals surface area contributed by atoms with E-state index in [-0.39, 0.29) is 10.7 Å². The van der Waals surface area contributed by atoms with Crippen molar-refractivity contribution in [3.05, 3.63) is 78.4 Å². The van der Waals surface area contributed by atoms with Gasteiger partial charge in [0.2, 0.25) is 0 Å². The molecule has 152 valence electrons. The van der Waals surface area contributed by atoms with Crippen LogP contribution in [0.25, 0.3) is 22.0 Å². The number of methoxy groups -OCH3 is 1. The van der Waals surface area contributed by atoms with Crippen LogP contribution in [0.15, 0.2) is 77.7 Å². The minimum absolute atomic E-state index is 0.146. The number of rotatable bonds is 5. The maximum Gasteiger partial charge on any atom is 0.263 e. The lowest BCUT2D eigenvalue weighted by atomic mass is 10.0. The summed E-state index contributed by atoms with van der Waals surface area (Å²) in [6.07, 6.45) is 0. The van der Waals surface area contributed by atoms with Crippen LogP contribution in [0, 0.1) is 6.92 Å². The molecule has 0 spiro atoms. The van der Waals surface area contributed by atoms with E-state index in [9.17, 15) is 8.42 Å². The summed E-state index contributed by atoms with van der Waals surface area (Å²) in [6, 6.07) is 21.3. The summed E-state index contributed by atoms with van der Waals surface area (Å²) >= 11 is 0. The van der Waals surface area contributed by atoms with Gasteiger partial charge in [-0.25, -0.2) is 13.4 Å². The minimum Gasteiger partial charge on any atom is -0.496 e. The number of benzene rings is 3. The Hall–Kier alpha value is -3.58. The molecule has 0 bridgehead atoms. The first kappa shape index (κ1) is 19.7. The highest BCUT2D eigenvalue weighted by molar-refractivity contribution is 7.92. The summed E-state index contributed by atoms with van der Waals surface area (Å²) in [5.41, 5.74) is 9.63. The van der Waals surface area contributed by atoms with E-state index in [1.807, 2.05) is 43.3 Å². The number of hydrogen-bond acceptors (Lipinski definition) is 5. The summed E-state index contributed by atoms with van der Waals surface area (Å²) in [7, 11) is -2.32. The molecule has 0 radical (unpaired) electrons. The quantitative estimate of drug-likeness (QED) is 0.493. The van der Waals surface area contributed by atoms with Crippen LogP contribution in [-0.2, 0) is 10.0 Å². The molecule has 30 heavy (non-hydrogen) atoms. The number of fused-ring (bicyclic) bond motifs is 1. The number of nitrogens with zero attached hydrogens (tertiary/aromatic N) is 1. The number of anilines is 2. The van der Waals surface area contributed by atoms with Gasteiger partial charge in [-0.3, -0.25) is 4.72 Å². The molecule has 0 atom stereocenters. The van der Waals surface area contributed by atoms with Gasteiger partial charge < -0.3 is 10.5 Å². The topological polar surface area (TPSA) is 94.3 Å². The van der Waals surface area contributed by atoms with Gasteiger partial charge in [-0.15, -0.1) is 0 Å². The number of hydrogen-bond donors (Lipinski definition) is 2. The Balaban J connectivity index is 1.95. The van der Waals surface area contributed by atoms with Gasteiger partial charge in [0.05, 0.1) is 28.8 Å². The first-order valence-electron chi connectivity index (χ1n) is 9.32. The van der Waals surface area contributed by atoms with E-state index >= 15 is 0 Å². The van der Waals surface area contributed by atoms with Crippen LogP contribution in [0.1, 0.15) is 5.56 Å². The second-order valence-electron chi connectivity index (χ2n) is 6.89. The average molecular weight is 420 g/mol. The van der Waals surface area contributed by atoms with Crippen molar-refractivity contribution in [2.24, 2.45) is 0 Å². The van der Waals surface area contributed by atoms with E-state index in [1.54, 1.807) is 43.5 Å². The maximum absolute atomic E-state index is 13.1. The van der Waals surface area contributed by atoms with Gasteiger partial charge in [0.1, 0.15) is 5.75 Å². The zero-order chi connectivity index (χ0) is 21.3. The number of aromatic nitrogens is 1. The lowest BCUT2D eigenvalue weighted by Crippen LogP contribution is -2.15. The molecule has 0 aliphatic carbocycles. The second kappa shape index (κ2) is 7.68. The molecule has 0 unspecified atom stereocenters. The van der Waals surface area contributed by atoms with Gasteiger partial charge in [0, 0.05) is 10.9 Å². The van der Waals surface area contributed by atoms with Crippen molar-refractivity contribution in [1.29, 1.82) is 0 Å². The highest BCUT2D eigenvalue weighted by Crippen LogP contribution is 2.41. The molecule has 0 fully saturated rings. The Bertz CT molecular complexity index is 1330. The van der Waals surface area contributed by atoms with Gasteiger partial charge in [0.15, 0.2) is 5.82 Å². The van der Waals surface area contributed by atoms with Gasteiger partial charge in [-0.1, -0.05) is 54.1 Å². The van der Waals surface area contributed by atoms with Crippen molar-refractivity contribution in [2.75, 3.05) is 17.6 Å². The molecule has 1 heterocycles. The molecular formula is C23H21N3O3S. The summed E-state index contributed by atoms with van der Waals surface area (Å²) in [5, 5.41) is 0.733. The van der Waals surface area contributed by atoms with Crippen LogP contribution in [-0.4, -0.2) is 20.5 Å². The number of pyridine rings is 1. The molecule has 1 aromatic heterocycles. The minimum atomic E-state index is -3.87. The molecule has 6 nitrogen and oxygen atoms in total. The monoisotopic (exact) mass is 419 g/mol. The van der Waals surface area contributed by atoms with Crippen molar-refractivity contribution in [3.8, 4) is 16.9 Å². The third-order valence-corrected chi connectivity index (χ3v) is 6.23. The molecule has 4 rings (SSSR count). The second-order valence-corrected chi connectivity index (χ2v) is 8.57. The zero-order valence-electron chi connectivity index (χ0n) is 16.6. The van der Waals surface area contributed by atoms with Crippen molar-refractivity contribution < 1.29 is 13.2 Å².